The number of nitrogens with zero attached hydrogens (tertiary/aromatic N) is 1. The van der Waals surface area contributed by atoms with Crippen LogP contribution in [0.3, 0.4) is 0 Å². The summed E-state index contributed by atoms with van der Waals surface area (Å²) in [4.78, 5) is 13.2. The molecule has 1 aromatic rings. The molecule has 4 nitrogen and oxygen atoms in total. The molecule has 104 valence electrons. The van der Waals surface area contributed by atoms with Crippen molar-refractivity contribution in [1.82, 2.24) is 15.5 Å². The van der Waals surface area contributed by atoms with E-state index in [9.17, 15) is 4.79 Å². The van der Waals surface area contributed by atoms with E-state index in [2.05, 4.69) is 45.9 Å². The lowest BCUT2D eigenvalue weighted by Crippen LogP contribution is -2.37. The number of carbonyl (C=O) groups is 1. The van der Waals surface area contributed by atoms with Crippen molar-refractivity contribution in [2.45, 2.75) is 25.9 Å². The van der Waals surface area contributed by atoms with Gasteiger partial charge in [0.15, 0.2) is 0 Å². The van der Waals surface area contributed by atoms with Gasteiger partial charge in [-0.2, -0.15) is 0 Å². The molecular formula is C15H23N3O. The Morgan fingerprint density at radius 1 is 1.32 bits per heavy atom. The van der Waals surface area contributed by atoms with Gasteiger partial charge in [0.05, 0.1) is 0 Å². The van der Waals surface area contributed by atoms with Crippen LogP contribution in [0.15, 0.2) is 30.3 Å². The van der Waals surface area contributed by atoms with Crippen LogP contribution in [0.2, 0.25) is 0 Å². The fraction of sp³-hybridized carbons (Fsp3) is 0.533. The highest BCUT2D eigenvalue weighted by Crippen LogP contribution is 2.13. The van der Waals surface area contributed by atoms with Gasteiger partial charge in [0.1, 0.15) is 0 Å². The molecular weight excluding hydrogens is 238 g/mol. The molecule has 1 saturated heterocycles. The fourth-order valence-electron chi connectivity index (χ4n) is 2.50. The minimum absolute atomic E-state index is 0.0407. The normalized spacial score (nSPS) is 19.5. The number of hydrogen-bond donors (Lipinski definition) is 2. The molecule has 1 amide bonds. The van der Waals surface area contributed by atoms with Crippen LogP contribution in [-0.4, -0.2) is 43.0 Å². The van der Waals surface area contributed by atoms with E-state index in [0.29, 0.717) is 12.6 Å². The van der Waals surface area contributed by atoms with Crippen LogP contribution in [0.25, 0.3) is 0 Å². The third-order valence-electron chi connectivity index (χ3n) is 3.45. The molecule has 2 rings (SSSR count). The summed E-state index contributed by atoms with van der Waals surface area (Å²) in [5.41, 5.74) is 1.38. The standard InChI is InChI=1S/C15H23N3O/c1-13(19)16-8-9-17-15-7-10-18(12-15)11-14-5-3-2-4-6-14/h2-6,15,17H,7-12H2,1H3,(H,16,19). The molecule has 1 aromatic carbocycles. The zero-order chi connectivity index (χ0) is 13.5. The Kier molecular flexibility index (Phi) is 5.36. The molecule has 1 aliphatic rings. The average molecular weight is 261 g/mol. The van der Waals surface area contributed by atoms with Crippen molar-refractivity contribution >= 4 is 5.91 Å². The number of carbonyl (C=O) groups excluding carboxylic acids is 1. The van der Waals surface area contributed by atoms with E-state index in [1.165, 1.54) is 12.0 Å². The first kappa shape index (κ1) is 14.0. The molecule has 0 bridgehead atoms. The van der Waals surface area contributed by atoms with Crippen molar-refractivity contribution in [3.63, 3.8) is 0 Å². The first-order chi connectivity index (χ1) is 9.24. The number of likely N-dealkylation sites (tertiary alicyclic amines) is 1. The zero-order valence-corrected chi connectivity index (χ0v) is 11.6. The van der Waals surface area contributed by atoms with E-state index in [0.717, 1.165) is 26.2 Å². The highest BCUT2D eigenvalue weighted by Gasteiger charge is 2.21. The van der Waals surface area contributed by atoms with E-state index in [4.69, 9.17) is 0 Å². The Balaban J connectivity index is 1.64. The van der Waals surface area contributed by atoms with Crippen LogP contribution >= 0.6 is 0 Å². The Labute approximate surface area is 115 Å². The van der Waals surface area contributed by atoms with Crippen molar-refractivity contribution in [2.24, 2.45) is 0 Å². The first-order valence-electron chi connectivity index (χ1n) is 6.98. The molecule has 0 aromatic heterocycles. The quantitative estimate of drug-likeness (QED) is 0.751. The van der Waals surface area contributed by atoms with Gasteiger partial charge in [0.25, 0.3) is 0 Å². The molecule has 1 heterocycles. The van der Waals surface area contributed by atoms with E-state index in [-0.39, 0.29) is 5.91 Å². The van der Waals surface area contributed by atoms with Gasteiger partial charge in [-0.15, -0.1) is 0 Å². The number of benzene rings is 1. The second kappa shape index (κ2) is 7.26. The molecule has 1 fully saturated rings. The van der Waals surface area contributed by atoms with Gasteiger partial charge >= 0.3 is 0 Å². The summed E-state index contributed by atoms with van der Waals surface area (Å²) in [5.74, 6) is 0.0407. The number of amides is 1. The Morgan fingerprint density at radius 2 is 2.11 bits per heavy atom. The average Bonchev–Trinajstić information content (AvgIpc) is 2.83. The van der Waals surface area contributed by atoms with Gasteiger partial charge in [-0.3, -0.25) is 9.69 Å². The minimum atomic E-state index is 0.0407. The van der Waals surface area contributed by atoms with E-state index in [1.54, 1.807) is 6.92 Å². The van der Waals surface area contributed by atoms with Gasteiger partial charge < -0.3 is 10.6 Å². The lowest BCUT2D eigenvalue weighted by atomic mass is 10.2. The van der Waals surface area contributed by atoms with Crippen molar-refractivity contribution in [2.75, 3.05) is 26.2 Å². The topological polar surface area (TPSA) is 44.4 Å². The maximum Gasteiger partial charge on any atom is 0.216 e. The van der Waals surface area contributed by atoms with Crippen LogP contribution in [-0.2, 0) is 11.3 Å². The SMILES string of the molecule is CC(=O)NCCNC1CCN(Cc2ccccc2)C1. The Hall–Kier alpha value is -1.39. The zero-order valence-electron chi connectivity index (χ0n) is 11.6. The lowest BCUT2D eigenvalue weighted by Gasteiger charge is -2.16. The Bertz CT molecular complexity index is 394. The maximum absolute atomic E-state index is 10.7. The minimum Gasteiger partial charge on any atom is -0.355 e. The van der Waals surface area contributed by atoms with E-state index in [1.807, 2.05) is 0 Å². The summed E-state index contributed by atoms with van der Waals surface area (Å²) in [7, 11) is 0. The number of rotatable bonds is 6. The van der Waals surface area contributed by atoms with Gasteiger partial charge in [0.2, 0.25) is 5.91 Å². The summed E-state index contributed by atoms with van der Waals surface area (Å²) in [5, 5.41) is 6.30. The smallest absolute Gasteiger partial charge is 0.216 e. The molecule has 1 unspecified atom stereocenters. The third kappa shape index (κ3) is 5.01. The summed E-state index contributed by atoms with van der Waals surface area (Å²) >= 11 is 0. The first-order valence-corrected chi connectivity index (χ1v) is 6.98. The summed E-state index contributed by atoms with van der Waals surface area (Å²) in [6.45, 7) is 6.39. The maximum atomic E-state index is 10.7. The van der Waals surface area contributed by atoms with Crippen molar-refractivity contribution in [3.8, 4) is 0 Å². The molecule has 0 spiro atoms. The molecule has 1 aliphatic heterocycles. The van der Waals surface area contributed by atoms with Crippen molar-refractivity contribution < 1.29 is 4.79 Å². The van der Waals surface area contributed by atoms with Crippen LogP contribution in [0.5, 0.6) is 0 Å². The molecule has 19 heavy (non-hydrogen) atoms. The molecule has 0 radical (unpaired) electrons. The monoisotopic (exact) mass is 261 g/mol. The summed E-state index contributed by atoms with van der Waals surface area (Å²) in [6, 6.07) is 11.1. The van der Waals surface area contributed by atoms with E-state index >= 15 is 0 Å². The summed E-state index contributed by atoms with van der Waals surface area (Å²) in [6.07, 6.45) is 1.19. The van der Waals surface area contributed by atoms with Crippen LogP contribution in [0.1, 0.15) is 18.9 Å². The largest absolute Gasteiger partial charge is 0.355 e. The predicted molar refractivity (Wildman–Crippen MR) is 76.8 cm³/mol. The third-order valence-corrected chi connectivity index (χ3v) is 3.45. The highest BCUT2D eigenvalue weighted by molar-refractivity contribution is 5.72. The molecule has 2 N–H and O–H groups in total. The van der Waals surface area contributed by atoms with Crippen LogP contribution in [0.4, 0.5) is 0 Å². The highest BCUT2D eigenvalue weighted by atomic mass is 16.1. The number of nitrogens with one attached hydrogen (secondary N) is 2. The molecule has 0 aliphatic carbocycles. The second-order valence-electron chi connectivity index (χ2n) is 5.14. The molecule has 0 saturated carbocycles. The van der Waals surface area contributed by atoms with E-state index < -0.39 is 0 Å². The lowest BCUT2D eigenvalue weighted by molar-refractivity contribution is -0.118. The number of hydrogen-bond acceptors (Lipinski definition) is 3. The summed E-state index contributed by atoms with van der Waals surface area (Å²) < 4.78 is 0. The molecule has 4 heteroatoms. The van der Waals surface area contributed by atoms with Gasteiger partial charge in [-0.1, -0.05) is 30.3 Å². The van der Waals surface area contributed by atoms with Crippen LogP contribution < -0.4 is 10.6 Å². The van der Waals surface area contributed by atoms with Crippen LogP contribution in [0, 0.1) is 0 Å². The second-order valence-corrected chi connectivity index (χ2v) is 5.14. The van der Waals surface area contributed by atoms with Gasteiger partial charge in [-0.25, -0.2) is 0 Å². The predicted octanol–water partition coefficient (Wildman–Crippen LogP) is 0.987. The Morgan fingerprint density at radius 3 is 2.84 bits per heavy atom. The van der Waals surface area contributed by atoms with Crippen molar-refractivity contribution in [1.29, 1.82) is 0 Å². The van der Waals surface area contributed by atoms with Gasteiger partial charge in [-0.05, 0) is 12.0 Å². The fourth-order valence-corrected chi connectivity index (χ4v) is 2.50. The molecule has 1 atom stereocenters. The van der Waals surface area contributed by atoms with Crippen molar-refractivity contribution in [3.05, 3.63) is 35.9 Å². The van der Waals surface area contributed by atoms with Gasteiger partial charge in [0, 0.05) is 45.7 Å².